The van der Waals surface area contributed by atoms with Crippen molar-refractivity contribution in [1.82, 2.24) is 0 Å². The van der Waals surface area contributed by atoms with Crippen LogP contribution in [0.15, 0.2) is 42.5 Å². The molecule has 0 aromatic heterocycles. The maximum absolute atomic E-state index is 12.0. The van der Waals surface area contributed by atoms with Gasteiger partial charge >= 0.3 is 11.9 Å². The summed E-state index contributed by atoms with van der Waals surface area (Å²) in [6, 6.07) is 10.7. The number of nitrogen functional groups attached to an aromatic ring is 1. The lowest BCUT2D eigenvalue weighted by molar-refractivity contribution is -0.119. The minimum Gasteiger partial charge on any atom is -0.465 e. The number of halogens is 1. The molecule has 0 atom stereocenters. The molecule has 2 aromatic rings. The minimum atomic E-state index is -0.765. The zero-order valence-electron chi connectivity index (χ0n) is 13.2. The highest BCUT2D eigenvalue weighted by Crippen LogP contribution is 2.23. The van der Waals surface area contributed by atoms with Crippen LogP contribution in [0.5, 0.6) is 0 Å². The fourth-order valence-electron chi connectivity index (χ4n) is 1.96. The van der Waals surface area contributed by atoms with E-state index in [-0.39, 0.29) is 21.8 Å². The summed E-state index contributed by atoms with van der Waals surface area (Å²) >= 11 is 5.83. The topological polar surface area (TPSA) is 108 Å². The van der Waals surface area contributed by atoms with Crippen LogP contribution in [-0.4, -0.2) is 31.6 Å². The van der Waals surface area contributed by atoms with Gasteiger partial charge in [-0.3, -0.25) is 4.79 Å². The Bertz CT molecular complexity index is 822. The highest BCUT2D eigenvalue weighted by molar-refractivity contribution is 6.33. The molecule has 8 heteroatoms. The van der Waals surface area contributed by atoms with Crippen molar-refractivity contribution in [1.29, 1.82) is 0 Å². The molecule has 1 amide bonds. The molecule has 0 radical (unpaired) electrons. The summed E-state index contributed by atoms with van der Waals surface area (Å²) in [5, 5.41) is 2.73. The van der Waals surface area contributed by atoms with E-state index in [1.54, 1.807) is 24.3 Å². The average molecular weight is 363 g/mol. The normalized spacial score (nSPS) is 10.0. The van der Waals surface area contributed by atoms with Crippen LogP contribution in [-0.2, 0) is 14.3 Å². The number of nitrogens with one attached hydrogen (secondary N) is 1. The smallest absolute Gasteiger partial charge is 0.340 e. The Morgan fingerprint density at radius 2 is 1.84 bits per heavy atom. The predicted octanol–water partition coefficient (Wildman–Crippen LogP) is 2.50. The Morgan fingerprint density at radius 1 is 1.12 bits per heavy atom. The number of esters is 2. The van der Waals surface area contributed by atoms with Crippen molar-refractivity contribution in [3.05, 3.63) is 58.6 Å². The Morgan fingerprint density at radius 3 is 2.56 bits per heavy atom. The number of rotatable bonds is 5. The molecule has 0 aliphatic heterocycles. The van der Waals surface area contributed by atoms with Crippen molar-refractivity contribution in [2.24, 2.45) is 0 Å². The quantitative estimate of drug-likeness (QED) is 0.625. The summed E-state index contributed by atoms with van der Waals surface area (Å²) in [7, 11) is 1.26. The molecule has 7 nitrogen and oxygen atoms in total. The number of hydrogen-bond donors (Lipinski definition) is 2. The number of anilines is 2. The molecule has 0 spiro atoms. The van der Waals surface area contributed by atoms with Crippen LogP contribution in [0.4, 0.5) is 11.4 Å². The first-order valence-corrected chi connectivity index (χ1v) is 7.49. The molecule has 130 valence electrons. The van der Waals surface area contributed by atoms with Gasteiger partial charge < -0.3 is 20.5 Å². The molecule has 0 bridgehead atoms. The van der Waals surface area contributed by atoms with E-state index < -0.39 is 24.5 Å². The molecule has 2 aromatic carbocycles. The van der Waals surface area contributed by atoms with E-state index in [4.69, 9.17) is 22.1 Å². The maximum Gasteiger partial charge on any atom is 0.340 e. The average Bonchev–Trinajstić information content (AvgIpc) is 2.61. The first-order valence-electron chi connectivity index (χ1n) is 7.11. The third kappa shape index (κ3) is 4.71. The maximum atomic E-state index is 12.0. The summed E-state index contributed by atoms with van der Waals surface area (Å²) in [4.78, 5) is 35.3. The second-order valence-electron chi connectivity index (χ2n) is 4.90. The number of benzene rings is 2. The highest BCUT2D eigenvalue weighted by atomic mass is 35.5. The van der Waals surface area contributed by atoms with E-state index in [9.17, 15) is 14.4 Å². The van der Waals surface area contributed by atoms with Crippen molar-refractivity contribution in [3.8, 4) is 0 Å². The number of carbonyl (C=O) groups is 3. The lowest BCUT2D eigenvalue weighted by atomic mass is 10.2. The second-order valence-corrected chi connectivity index (χ2v) is 5.30. The van der Waals surface area contributed by atoms with Crippen molar-refractivity contribution < 1.29 is 23.9 Å². The molecule has 0 aliphatic carbocycles. The predicted molar refractivity (Wildman–Crippen MR) is 92.6 cm³/mol. The summed E-state index contributed by atoms with van der Waals surface area (Å²) in [6.07, 6.45) is 0. The molecule has 0 aliphatic rings. The van der Waals surface area contributed by atoms with E-state index in [0.29, 0.717) is 5.69 Å². The highest BCUT2D eigenvalue weighted by Gasteiger charge is 2.15. The van der Waals surface area contributed by atoms with E-state index in [1.165, 1.54) is 25.3 Å². The zero-order valence-corrected chi connectivity index (χ0v) is 14.0. The van der Waals surface area contributed by atoms with Crippen LogP contribution < -0.4 is 11.1 Å². The Labute approximate surface area is 148 Å². The molecule has 0 saturated carbocycles. The first kappa shape index (κ1) is 18.3. The van der Waals surface area contributed by atoms with Gasteiger partial charge in [0.15, 0.2) is 6.61 Å². The fraction of sp³-hybridized carbons (Fsp3) is 0.118. The third-order valence-corrected chi connectivity index (χ3v) is 3.50. The molecule has 0 saturated heterocycles. The second kappa shape index (κ2) is 8.16. The lowest BCUT2D eigenvalue weighted by Crippen LogP contribution is -2.21. The number of methoxy groups -OCH3 is 1. The third-order valence-electron chi connectivity index (χ3n) is 3.17. The van der Waals surface area contributed by atoms with Crippen molar-refractivity contribution in [2.75, 3.05) is 24.8 Å². The lowest BCUT2D eigenvalue weighted by Gasteiger charge is -2.09. The minimum absolute atomic E-state index is 0.0768. The van der Waals surface area contributed by atoms with E-state index in [2.05, 4.69) is 10.1 Å². The fourth-order valence-corrected chi connectivity index (χ4v) is 2.14. The summed E-state index contributed by atoms with van der Waals surface area (Å²) in [5.41, 5.74) is 6.50. The Balaban J connectivity index is 1.96. The monoisotopic (exact) mass is 362 g/mol. The van der Waals surface area contributed by atoms with Gasteiger partial charge in [0.25, 0.3) is 5.91 Å². The molecule has 0 heterocycles. The van der Waals surface area contributed by atoms with Gasteiger partial charge in [-0.25, -0.2) is 9.59 Å². The molecule has 25 heavy (non-hydrogen) atoms. The number of nitrogens with two attached hydrogens (primary N) is 1. The van der Waals surface area contributed by atoms with Crippen molar-refractivity contribution >= 4 is 40.8 Å². The van der Waals surface area contributed by atoms with E-state index in [1.807, 2.05) is 0 Å². The number of amides is 1. The van der Waals surface area contributed by atoms with Crippen LogP contribution in [0.2, 0.25) is 5.02 Å². The molecule has 2 rings (SSSR count). The van der Waals surface area contributed by atoms with Gasteiger partial charge in [0.1, 0.15) is 0 Å². The molecule has 0 fully saturated rings. The van der Waals surface area contributed by atoms with Crippen LogP contribution in [0, 0.1) is 0 Å². The molecule has 3 N–H and O–H groups in total. The largest absolute Gasteiger partial charge is 0.465 e. The Hall–Kier alpha value is -3.06. The van der Waals surface area contributed by atoms with Crippen LogP contribution in [0.1, 0.15) is 20.7 Å². The first-order chi connectivity index (χ1) is 11.9. The van der Waals surface area contributed by atoms with Crippen molar-refractivity contribution in [3.63, 3.8) is 0 Å². The van der Waals surface area contributed by atoms with Crippen LogP contribution in [0.25, 0.3) is 0 Å². The van der Waals surface area contributed by atoms with Crippen molar-refractivity contribution in [2.45, 2.75) is 0 Å². The molecular weight excluding hydrogens is 348 g/mol. The van der Waals surface area contributed by atoms with Crippen LogP contribution in [0.3, 0.4) is 0 Å². The summed E-state index contributed by atoms with van der Waals surface area (Å²) < 4.78 is 9.52. The van der Waals surface area contributed by atoms with Gasteiger partial charge in [0, 0.05) is 5.69 Å². The number of para-hydroxylation sites is 1. The summed E-state index contributed by atoms with van der Waals surface area (Å²) in [6.45, 7) is -0.521. The molecule has 0 unspecified atom stereocenters. The van der Waals surface area contributed by atoms with Crippen LogP contribution >= 0.6 is 11.6 Å². The molecular formula is C17H15ClN2O5. The Kier molecular flexibility index (Phi) is 5.97. The number of hydrogen-bond acceptors (Lipinski definition) is 6. The number of ether oxygens (including phenoxy) is 2. The summed E-state index contributed by atoms with van der Waals surface area (Å²) in [5.74, 6) is -1.87. The van der Waals surface area contributed by atoms with E-state index >= 15 is 0 Å². The van der Waals surface area contributed by atoms with Gasteiger partial charge in [-0.15, -0.1) is 0 Å². The zero-order chi connectivity index (χ0) is 18.4. The standard InChI is InChI=1S/C17H15ClN2O5/c1-24-16(22)10-4-2-5-11(8-10)20-14(21)9-25-17(23)12-6-3-7-13(18)15(12)19/h2-8H,9,19H2,1H3,(H,20,21). The van der Waals surface area contributed by atoms with Gasteiger partial charge in [-0.05, 0) is 30.3 Å². The van der Waals surface area contributed by atoms with E-state index in [0.717, 1.165) is 0 Å². The SMILES string of the molecule is COC(=O)c1cccc(NC(=O)COC(=O)c2cccc(Cl)c2N)c1. The van der Waals surface area contributed by atoms with Gasteiger partial charge in [-0.2, -0.15) is 0 Å². The van der Waals surface area contributed by atoms with Gasteiger partial charge in [0.05, 0.1) is 28.9 Å². The van der Waals surface area contributed by atoms with Gasteiger partial charge in [0.2, 0.25) is 0 Å². The number of carbonyl (C=O) groups excluding carboxylic acids is 3. The van der Waals surface area contributed by atoms with Gasteiger partial charge in [-0.1, -0.05) is 23.7 Å².